The molecular formula is C13H12N2O3. The van der Waals surface area contributed by atoms with Gasteiger partial charge in [-0.1, -0.05) is 18.1 Å². The predicted octanol–water partition coefficient (Wildman–Crippen LogP) is 1.54. The number of hydrogen-bond donors (Lipinski definition) is 3. The summed E-state index contributed by atoms with van der Waals surface area (Å²) in [7, 11) is 0. The van der Waals surface area contributed by atoms with Crippen molar-refractivity contribution in [2.45, 2.75) is 0 Å². The number of carbonyl (C=O) groups excluding carboxylic acids is 1. The molecule has 5 nitrogen and oxygen atoms in total. The molecule has 5 heteroatoms. The molecule has 0 unspecified atom stereocenters. The third kappa shape index (κ3) is 4.86. The van der Waals surface area contributed by atoms with E-state index in [0.29, 0.717) is 11.3 Å². The number of rotatable bonds is 4. The van der Waals surface area contributed by atoms with Crippen LogP contribution >= 0.6 is 0 Å². The molecule has 0 aliphatic carbocycles. The summed E-state index contributed by atoms with van der Waals surface area (Å²) in [6, 6.07) is 6.36. The maximum atomic E-state index is 11.3. The van der Waals surface area contributed by atoms with Gasteiger partial charge in [-0.05, 0) is 23.8 Å². The molecule has 0 fully saturated rings. The third-order valence-corrected chi connectivity index (χ3v) is 1.91. The lowest BCUT2D eigenvalue weighted by Gasteiger charge is -2.05. The first-order valence-corrected chi connectivity index (χ1v) is 5.11. The fraction of sp³-hybridized carbons (Fsp3) is 0.0769. The molecule has 2 amide bonds. The van der Waals surface area contributed by atoms with E-state index in [4.69, 9.17) is 11.5 Å². The molecule has 18 heavy (non-hydrogen) atoms. The number of urea groups is 1. The molecule has 0 saturated carbocycles. The van der Waals surface area contributed by atoms with Crippen molar-refractivity contribution in [3.05, 3.63) is 35.9 Å². The van der Waals surface area contributed by atoms with E-state index in [-0.39, 0.29) is 6.54 Å². The van der Waals surface area contributed by atoms with Crippen molar-refractivity contribution in [2.75, 3.05) is 11.9 Å². The van der Waals surface area contributed by atoms with Crippen molar-refractivity contribution >= 4 is 23.8 Å². The van der Waals surface area contributed by atoms with Gasteiger partial charge in [0.25, 0.3) is 0 Å². The highest BCUT2D eigenvalue weighted by Gasteiger charge is 2.00. The topological polar surface area (TPSA) is 78.4 Å². The summed E-state index contributed by atoms with van der Waals surface area (Å²) in [5.41, 5.74) is 1.23. The molecule has 0 aliphatic heterocycles. The Bertz CT molecular complexity index is 515. The Labute approximate surface area is 105 Å². The number of carboxylic acids is 1. The van der Waals surface area contributed by atoms with E-state index in [2.05, 4.69) is 16.6 Å². The number of terminal acetylenes is 1. The molecule has 0 heterocycles. The molecule has 0 aromatic heterocycles. The van der Waals surface area contributed by atoms with Gasteiger partial charge < -0.3 is 15.7 Å². The van der Waals surface area contributed by atoms with Gasteiger partial charge in [0.1, 0.15) is 0 Å². The fourth-order valence-electron chi connectivity index (χ4n) is 1.19. The van der Waals surface area contributed by atoms with Crippen LogP contribution < -0.4 is 10.6 Å². The number of carboxylic acid groups (broad SMARTS) is 1. The van der Waals surface area contributed by atoms with Crippen LogP contribution in [-0.4, -0.2) is 23.7 Å². The smallest absolute Gasteiger partial charge is 0.328 e. The fourth-order valence-corrected chi connectivity index (χ4v) is 1.19. The van der Waals surface area contributed by atoms with Gasteiger partial charge in [0, 0.05) is 11.8 Å². The molecule has 92 valence electrons. The summed E-state index contributed by atoms with van der Waals surface area (Å²) in [6.07, 6.45) is 7.47. The number of carbonyl (C=O) groups is 2. The molecule has 0 aliphatic rings. The van der Waals surface area contributed by atoms with Crippen LogP contribution in [0.15, 0.2) is 30.3 Å². The molecule has 1 aromatic carbocycles. The van der Waals surface area contributed by atoms with Gasteiger partial charge in [-0.25, -0.2) is 9.59 Å². The first kappa shape index (κ1) is 13.3. The SMILES string of the molecule is C#CCNC(=O)Nc1cccc(/C=C/C(=O)O)c1. The second kappa shape index (κ2) is 6.76. The highest BCUT2D eigenvalue weighted by atomic mass is 16.4. The Morgan fingerprint density at radius 3 is 2.89 bits per heavy atom. The Balaban J connectivity index is 2.68. The van der Waals surface area contributed by atoms with Crippen LogP contribution in [0.1, 0.15) is 5.56 Å². The van der Waals surface area contributed by atoms with Gasteiger partial charge >= 0.3 is 12.0 Å². The van der Waals surface area contributed by atoms with Crippen LogP contribution in [0.2, 0.25) is 0 Å². The summed E-state index contributed by atoms with van der Waals surface area (Å²) in [5, 5.41) is 13.5. The van der Waals surface area contributed by atoms with E-state index < -0.39 is 12.0 Å². The van der Waals surface area contributed by atoms with Crippen LogP contribution in [-0.2, 0) is 4.79 Å². The summed E-state index contributed by atoms with van der Waals surface area (Å²) >= 11 is 0. The number of benzene rings is 1. The normalized spacial score (nSPS) is 9.72. The van der Waals surface area contributed by atoms with Crippen LogP contribution in [0.3, 0.4) is 0 Å². The van der Waals surface area contributed by atoms with Gasteiger partial charge in [-0.15, -0.1) is 6.42 Å². The molecule has 0 atom stereocenters. The van der Waals surface area contributed by atoms with Gasteiger partial charge in [0.05, 0.1) is 6.54 Å². The summed E-state index contributed by atoms with van der Waals surface area (Å²) in [4.78, 5) is 21.7. The minimum atomic E-state index is -1.03. The van der Waals surface area contributed by atoms with E-state index in [9.17, 15) is 9.59 Å². The van der Waals surface area contributed by atoms with Crippen molar-refractivity contribution in [3.63, 3.8) is 0 Å². The Morgan fingerprint density at radius 1 is 1.44 bits per heavy atom. The second-order valence-electron chi connectivity index (χ2n) is 3.31. The Kier molecular flexibility index (Phi) is 5.00. The van der Waals surface area contributed by atoms with Gasteiger partial charge in [0.15, 0.2) is 0 Å². The number of nitrogens with one attached hydrogen (secondary N) is 2. The van der Waals surface area contributed by atoms with Gasteiger partial charge in [-0.2, -0.15) is 0 Å². The molecule has 0 bridgehead atoms. The van der Waals surface area contributed by atoms with E-state index in [1.807, 2.05) is 0 Å². The molecule has 3 N–H and O–H groups in total. The maximum Gasteiger partial charge on any atom is 0.328 e. The lowest BCUT2D eigenvalue weighted by Crippen LogP contribution is -2.28. The largest absolute Gasteiger partial charge is 0.478 e. The van der Waals surface area contributed by atoms with Gasteiger partial charge in [0.2, 0.25) is 0 Å². The van der Waals surface area contributed by atoms with Crippen molar-refractivity contribution in [1.29, 1.82) is 0 Å². The average molecular weight is 244 g/mol. The predicted molar refractivity (Wildman–Crippen MR) is 69.0 cm³/mol. The lowest BCUT2D eigenvalue weighted by molar-refractivity contribution is -0.131. The zero-order chi connectivity index (χ0) is 13.4. The van der Waals surface area contributed by atoms with E-state index >= 15 is 0 Å². The monoisotopic (exact) mass is 244 g/mol. The van der Waals surface area contributed by atoms with Crippen molar-refractivity contribution in [2.24, 2.45) is 0 Å². The number of anilines is 1. The number of aliphatic carboxylic acids is 1. The van der Waals surface area contributed by atoms with Crippen molar-refractivity contribution in [1.82, 2.24) is 5.32 Å². The van der Waals surface area contributed by atoms with Crippen molar-refractivity contribution < 1.29 is 14.7 Å². The third-order valence-electron chi connectivity index (χ3n) is 1.91. The highest BCUT2D eigenvalue weighted by molar-refractivity contribution is 5.90. The maximum absolute atomic E-state index is 11.3. The highest BCUT2D eigenvalue weighted by Crippen LogP contribution is 2.11. The van der Waals surface area contributed by atoms with Crippen LogP contribution in [0.25, 0.3) is 6.08 Å². The number of hydrogen-bond acceptors (Lipinski definition) is 2. The molecular weight excluding hydrogens is 232 g/mol. The average Bonchev–Trinajstić information content (AvgIpc) is 2.34. The minimum Gasteiger partial charge on any atom is -0.478 e. The summed E-state index contributed by atoms with van der Waals surface area (Å²) < 4.78 is 0. The van der Waals surface area contributed by atoms with Crippen LogP contribution in [0.4, 0.5) is 10.5 Å². The van der Waals surface area contributed by atoms with E-state index in [0.717, 1.165) is 6.08 Å². The van der Waals surface area contributed by atoms with Crippen molar-refractivity contribution in [3.8, 4) is 12.3 Å². The van der Waals surface area contributed by atoms with Crippen LogP contribution in [0, 0.1) is 12.3 Å². The van der Waals surface area contributed by atoms with Crippen LogP contribution in [0.5, 0.6) is 0 Å². The van der Waals surface area contributed by atoms with Gasteiger partial charge in [-0.3, -0.25) is 0 Å². The van der Waals surface area contributed by atoms with E-state index in [1.54, 1.807) is 24.3 Å². The lowest BCUT2D eigenvalue weighted by atomic mass is 10.2. The number of amides is 2. The summed E-state index contributed by atoms with van der Waals surface area (Å²) in [5.74, 6) is 1.25. The Morgan fingerprint density at radius 2 is 2.22 bits per heavy atom. The second-order valence-corrected chi connectivity index (χ2v) is 3.31. The standard InChI is InChI=1S/C13H12N2O3/c1-2-8-14-13(18)15-11-5-3-4-10(9-11)6-7-12(16)17/h1,3-7,9H,8H2,(H,16,17)(H2,14,15,18)/b7-6+. The molecule has 0 spiro atoms. The molecule has 1 rings (SSSR count). The first-order valence-electron chi connectivity index (χ1n) is 5.11. The first-order chi connectivity index (χ1) is 8.61. The molecule has 0 saturated heterocycles. The molecule has 1 aromatic rings. The molecule has 0 radical (unpaired) electrons. The zero-order valence-electron chi connectivity index (χ0n) is 9.51. The van der Waals surface area contributed by atoms with E-state index in [1.165, 1.54) is 6.08 Å². The summed E-state index contributed by atoms with van der Waals surface area (Å²) in [6.45, 7) is 0.143. The minimum absolute atomic E-state index is 0.143. The quantitative estimate of drug-likeness (QED) is 0.555. The zero-order valence-corrected chi connectivity index (χ0v) is 9.51. The Hall–Kier alpha value is -2.74.